The molecule has 1 aromatic heterocycles. The van der Waals surface area contributed by atoms with E-state index in [0.717, 1.165) is 25.7 Å². The number of hydrogen-bond donors (Lipinski definition) is 2. The van der Waals surface area contributed by atoms with Crippen molar-refractivity contribution < 1.29 is 9.18 Å². The zero-order valence-electron chi connectivity index (χ0n) is 11.6. The highest BCUT2D eigenvalue weighted by Gasteiger charge is 2.17. The smallest absolute Gasteiger partial charge is 0.268 e. The van der Waals surface area contributed by atoms with Gasteiger partial charge in [0.15, 0.2) is 0 Å². The van der Waals surface area contributed by atoms with Crippen molar-refractivity contribution in [3.63, 3.8) is 0 Å². The number of amides is 1. The maximum Gasteiger partial charge on any atom is 0.268 e. The summed E-state index contributed by atoms with van der Waals surface area (Å²) in [4.78, 5) is 26.7. The Morgan fingerprint density at radius 1 is 1.19 bits per heavy atom. The molecule has 1 heterocycles. The molecule has 2 aromatic rings. The Hall–Kier alpha value is -2.17. The van der Waals surface area contributed by atoms with Crippen LogP contribution in [-0.4, -0.2) is 16.9 Å². The minimum atomic E-state index is -0.465. The van der Waals surface area contributed by atoms with Crippen molar-refractivity contribution in [3.05, 3.63) is 46.1 Å². The second-order valence-electron chi connectivity index (χ2n) is 5.55. The maximum atomic E-state index is 13.2. The van der Waals surface area contributed by atoms with E-state index in [2.05, 4.69) is 10.3 Å². The molecule has 1 aromatic carbocycles. The number of aromatic nitrogens is 1. The number of fused-ring (bicyclic) bond motifs is 1. The van der Waals surface area contributed by atoms with E-state index in [-0.39, 0.29) is 23.0 Å². The van der Waals surface area contributed by atoms with Gasteiger partial charge in [0.25, 0.3) is 11.5 Å². The molecule has 0 spiro atoms. The van der Waals surface area contributed by atoms with Crippen LogP contribution >= 0.6 is 0 Å². The number of halogens is 1. The Labute approximate surface area is 121 Å². The van der Waals surface area contributed by atoms with Gasteiger partial charge in [0.1, 0.15) is 11.5 Å². The molecule has 21 heavy (non-hydrogen) atoms. The van der Waals surface area contributed by atoms with E-state index in [9.17, 15) is 14.0 Å². The fraction of sp³-hybridized carbons (Fsp3) is 0.375. The summed E-state index contributed by atoms with van der Waals surface area (Å²) in [7, 11) is 0. The van der Waals surface area contributed by atoms with E-state index in [0.29, 0.717) is 5.39 Å². The minimum Gasteiger partial charge on any atom is -0.348 e. The molecule has 0 unspecified atom stereocenters. The number of hydrogen-bond acceptors (Lipinski definition) is 2. The predicted molar refractivity (Wildman–Crippen MR) is 78.9 cm³/mol. The zero-order valence-corrected chi connectivity index (χ0v) is 11.6. The highest BCUT2D eigenvalue weighted by Crippen LogP contribution is 2.18. The molecule has 2 N–H and O–H groups in total. The average molecular weight is 288 g/mol. The van der Waals surface area contributed by atoms with Gasteiger partial charge in [-0.3, -0.25) is 9.59 Å². The lowest BCUT2D eigenvalue weighted by Gasteiger charge is -2.22. The van der Waals surface area contributed by atoms with Crippen molar-refractivity contribution in [2.24, 2.45) is 0 Å². The third-order valence-electron chi connectivity index (χ3n) is 3.99. The molecule has 4 nitrogen and oxygen atoms in total. The molecule has 0 atom stereocenters. The molecule has 5 heteroatoms. The van der Waals surface area contributed by atoms with E-state index in [4.69, 9.17) is 0 Å². The summed E-state index contributed by atoms with van der Waals surface area (Å²) in [6.45, 7) is 0. The topological polar surface area (TPSA) is 62.0 Å². The first-order valence-corrected chi connectivity index (χ1v) is 7.27. The van der Waals surface area contributed by atoms with E-state index in [1.807, 2.05) is 0 Å². The zero-order chi connectivity index (χ0) is 14.8. The lowest BCUT2D eigenvalue weighted by Crippen LogP contribution is -2.37. The fourth-order valence-corrected chi connectivity index (χ4v) is 2.86. The summed E-state index contributed by atoms with van der Waals surface area (Å²) in [5, 5.41) is 3.77. The normalized spacial score (nSPS) is 16.0. The Morgan fingerprint density at radius 2 is 1.95 bits per heavy atom. The summed E-state index contributed by atoms with van der Waals surface area (Å²) in [6, 6.07) is 5.74. The second-order valence-corrected chi connectivity index (χ2v) is 5.55. The summed E-state index contributed by atoms with van der Waals surface area (Å²) in [5.74, 6) is -0.738. The van der Waals surface area contributed by atoms with Gasteiger partial charge in [-0.05, 0) is 36.4 Å². The number of carbonyl (C=O) groups is 1. The number of aromatic amines is 1. The van der Waals surface area contributed by atoms with Crippen molar-refractivity contribution in [1.82, 2.24) is 10.3 Å². The molecule has 110 valence electrons. The summed E-state index contributed by atoms with van der Waals surface area (Å²) in [6.07, 6.45) is 5.42. The summed E-state index contributed by atoms with van der Waals surface area (Å²) >= 11 is 0. The van der Waals surface area contributed by atoms with Crippen LogP contribution in [0.15, 0.2) is 29.1 Å². The monoisotopic (exact) mass is 288 g/mol. The standard InChI is InChI=1S/C16H17FN2O2/c17-11-7-6-10-8-14(19-15(20)13(10)9-11)16(21)18-12-4-2-1-3-5-12/h6-9,12H,1-5H2,(H,18,21)(H,19,20). The molecule has 0 bridgehead atoms. The minimum absolute atomic E-state index is 0.179. The van der Waals surface area contributed by atoms with Gasteiger partial charge < -0.3 is 10.3 Å². The lowest BCUT2D eigenvalue weighted by molar-refractivity contribution is 0.0922. The molecule has 1 amide bonds. The van der Waals surface area contributed by atoms with Gasteiger partial charge in [0, 0.05) is 11.4 Å². The lowest BCUT2D eigenvalue weighted by atomic mass is 9.95. The van der Waals surface area contributed by atoms with E-state index in [1.165, 1.54) is 24.6 Å². The van der Waals surface area contributed by atoms with Gasteiger partial charge in [-0.1, -0.05) is 25.3 Å². The molecule has 3 rings (SSSR count). The van der Waals surface area contributed by atoms with Crippen molar-refractivity contribution in [1.29, 1.82) is 0 Å². The highest BCUT2D eigenvalue weighted by molar-refractivity contribution is 5.96. The maximum absolute atomic E-state index is 13.2. The van der Waals surface area contributed by atoms with Crippen molar-refractivity contribution in [2.45, 2.75) is 38.1 Å². The molecule has 1 fully saturated rings. The Bertz CT molecular complexity index is 733. The molecule has 0 saturated heterocycles. The predicted octanol–water partition coefficient (Wildman–Crippen LogP) is 2.73. The Balaban J connectivity index is 1.88. The van der Waals surface area contributed by atoms with Crippen LogP contribution in [0, 0.1) is 5.82 Å². The summed E-state index contributed by atoms with van der Waals surface area (Å²) < 4.78 is 13.2. The van der Waals surface area contributed by atoms with Gasteiger partial charge >= 0.3 is 0 Å². The molecule has 0 aliphatic heterocycles. The van der Waals surface area contributed by atoms with Crippen LogP contribution < -0.4 is 10.9 Å². The second kappa shape index (κ2) is 5.68. The van der Waals surface area contributed by atoms with Crippen molar-refractivity contribution >= 4 is 16.7 Å². The number of H-pyrrole nitrogens is 1. The van der Waals surface area contributed by atoms with E-state index < -0.39 is 11.4 Å². The van der Waals surface area contributed by atoms with Crippen LogP contribution in [0.1, 0.15) is 42.6 Å². The average Bonchev–Trinajstić information content (AvgIpc) is 2.49. The largest absolute Gasteiger partial charge is 0.348 e. The number of pyridine rings is 1. The van der Waals surface area contributed by atoms with Gasteiger partial charge in [0.05, 0.1) is 0 Å². The van der Waals surface area contributed by atoms with E-state index >= 15 is 0 Å². The number of rotatable bonds is 2. The van der Waals surface area contributed by atoms with Gasteiger partial charge in [-0.15, -0.1) is 0 Å². The summed E-state index contributed by atoms with van der Waals surface area (Å²) in [5.41, 5.74) is -0.217. The van der Waals surface area contributed by atoms with E-state index in [1.54, 1.807) is 6.07 Å². The third-order valence-corrected chi connectivity index (χ3v) is 3.99. The van der Waals surface area contributed by atoms with Crippen LogP contribution in [0.4, 0.5) is 4.39 Å². The van der Waals surface area contributed by atoms with Crippen LogP contribution in [0.5, 0.6) is 0 Å². The number of benzene rings is 1. The molecule has 0 radical (unpaired) electrons. The Kier molecular flexibility index (Phi) is 3.73. The first kappa shape index (κ1) is 13.8. The fourth-order valence-electron chi connectivity index (χ4n) is 2.86. The van der Waals surface area contributed by atoms with Crippen LogP contribution in [0.2, 0.25) is 0 Å². The molecular weight excluding hydrogens is 271 g/mol. The van der Waals surface area contributed by atoms with Crippen LogP contribution in [0.25, 0.3) is 10.8 Å². The third kappa shape index (κ3) is 2.96. The first-order valence-electron chi connectivity index (χ1n) is 7.27. The highest BCUT2D eigenvalue weighted by atomic mass is 19.1. The number of nitrogens with one attached hydrogen (secondary N) is 2. The number of carbonyl (C=O) groups excluding carboxylic acids is 1. The van der Waals surface area contributed by atoms with Gasteiger partial charge in [0.2, 0.25) is 0 Å². The first-order chi connectivity index (χ1) is 10.1. The van der Waals surface area contributed by atoms with Crippen molar-refractivity contribution in [3.8, 4) is 0 Å². The van der Waals surface area contributed by atoms with Gasteiger partial charge in [-0.25, -0.2) is 4.39 Å². The molecule has 1 aliphatic rings. The van der Waals surface area contributed by atoms with Crippen molar-refractivity contribution in [2.75, 3.05) is 0 Å². The molecule has 1 saturated carbocycles. The van der Waals surface area contributed by atoms with Crippen LogP contribution in [-0.2, 0) is 0 Å². The van der Waals surface area contributed by atoms with Gasteiger partial charge in [-0.2, -0.15) is 0 Å². The SMILES string of the molecule is O=C(NC1CCCCC1)c1cc2ccc(F)cc2c(=O)[nH]1. The quantitative estimate of drug-likeness (QED) is 0.892. The molecule has 1 aliphatic carbocycles. The Morgan fingerprint density at radius 3 is 2.71 bits per heavy atom. The molecular formula is C16H17FN2O2. The van der Waals surface area contributed by atoms with Crippen LogP contribution in [0.3, 0.4) is 0 Å².